The Bertz CT molecular complexity index is 576. The molecule has 1 aromatic carbocycles. The summed E-state index contributed by atoms with van der Waals surface area (Å²) in [4.78, 5) is 8.75. The number of benzene rings is 1. The molecule has 2 rings (SSSR count). The summed E-state index contributed by atoms with van der Waals surface area (Å²) < 4.78 is 0. The van der Waals surface area contributed by atoms with E-state index < -0.39 is 0 Å². The van der Waals surface area contributed by atoms with Gasteiger partial charge in [0, 0.05) is 24.8 Å². The van der Waals surface area contributed by atoms with E-state index in [1.807, 2.05) is 13.0 Å². The van der Waals surface area contributed by atoms with Gasteiger partial charge in [-0.15, -0.1) is 6.58 Å². The van der Waals surface area contributed by atoms with Crippen molar-refractivity contribution >= 4 is 11.8 Å². The number of hydrogen-bond donors (Lipinski definition) is 2. The van der Waals surface area contributed by atoms with Crippen molar-refractivity contribution in [1.29, 1.82) is 0 Å². The Morgan fingerprint density at radius 1 is 1.10 bits per heavy atom. The molecule has 0 atom stereocenters. The zero-order valence-electron chi connectivity index (χ0n) is 12.0. The molecule has 1 heterocycles. The summed E-state index contributed by atoms with van der Waals surface area (Å²) >= 11 is 0. The second kappa shape index (κ2) is 6.70. The third-order valence-electron chi connectivity index (χ3n) is 2.85. The number of nitrogens with zero attached hydrogens (tertiary/aromatic N) is 2. The average Bonchev–Trinajstić information content (AvgIpc) is 2.44. The Morgan fingerprint density at radius 2 is 1.85 bits per heavy atom. The molecule has 4 heteroatoms. The molecule has 0 radical (unpaired) electrons. The quantitative estimate of drug-likeness (QED) is 0.789. The van der Waals surface area contributed by atoms with Crippen LogP contribution in [-0.4, -0.2) is 16.5 Å². The predicted octanol–water partition coefficient (Wildman–Crippen LogP) is 3.30. The molecule has 1 aromatic heterocycles. The molecule has 104 valence electrons. The van der Waals surface area contributed by atoms with Gasteiger partial charge in [0.05, 0.1) is 0 Å². The van der Waals surface area contributed by atoms with Gasteiger partial charge in [0.25, 0.3) is 0 Å². The summed E-state index contributed by atoms with van der Waals surface area (Å²) in [6.45, 7) is 9.11. The fourth-order valence-electron chi connectivity index (χ4n) is 1.80. The smallest absolute Gasteiger partial charge is 0.225 e. The summed E-state index contributed by atoms with van der Waals surface area (Å²) in [5.41, 5.74) is 3.42. The first-order valence-electron chi connectivity index (χ1n) is 6.67. The van der Waals surface area contributed by atoms with Gasteiger partial charge in [-0.05, 0) is 19.4 Å². The lowest BCUT2D eigenvalue weighted by Crippen LogP contribution is -2.07. The molecule has 4 nitrogen and oxygen atoms in total. The lowest BCUT2D eigenvalue weighted by atomic mass is 10.1. The van der Waals surface area contributed by atoms with Crippen LogP contribution >= 0.6 is 0 Å². The summed E-state index contributed by atoms with van der Waals surface area (Å²) in [5.74, 6) is 1.45. The standard InChI is InChI=1S/C16H20N4/c1-4-9-17-16-19-13(3)10-15(20-16)18-11-14-7-5-12(2)6-8-14/h4-8,10H,1,9,11H2,2-3H3,(H2,17,18,19,20). The number of rotatable bonds is 6. The monoisotopic (exact) mass is 268 g/mol. The van der Waals surface area contributed by atoms with Crippen LogP contribution in [0, 0.1) is 13.8 Å². The van der Waals surface area contributed by atoms with Gasteiger partial charge in [-0.25, -0.2) is 4.98 Å². The third-order valence-corrected chi connectivity index (χ3v) is 2.85. The zero-order valence-corrected chi connectivity index (χ0v) is 12.0. The number of aryl methyl sites for hydroxylation is 2. The summed E-state index contributed by atoms with van der Waals surface area (Å²) in [7, 11) is 0. The van der Waals surface area contributed by atoms with E-state index in [2.05, 4.69) is 58.4 Å². The van der Waals surface area contributed by atoms with Gasteiger partial charge < -0.3 is 10.6 Å². The normalized spacial score (nSPS) is 10.1. The van der Waals surface area contributed by atoms with Crippen molar-refractivity contribution in [2.75, 3.05) is 17.2 Å². The van der Waals surface area contributed by atoms with Crippen molar-refractivity contribution in [3.05, 3.63) is 59.8 Å². The third kappa shape index (κ3) is 4.09. The molecule has 0 amide bonds. The van der Waals surface area contributed by atoms with Gasteiger partial charge in [0.1, 0.15) is 5.82 Å². The summed E-state index contributed by atoms with van der Waals surface area (Å²) in [5, 5.41) is 6.42. The van der Waals surface area contributed by atoms with Crippen molar-refractivity contribution < 1.29 is 0 Å². The summed E-state index contributed by atoms with van der Waals surface area (Å²) in [6, 6.07) is 10.4. The maximum absolute atomic E-state index is 4.42. The van der Waals surface area contributed by atoms with Crippen molar-refractivity contribution in [3.63, 3.8) is 0 Å². The molecule has 0 saturated carbocycles. The minimum atomic E-state index is 0.622. The van der Waals surface area contributed by atoms with E-state index >= 15 is 0 Å². The van der Waals surface area contributed by atoms with Crippen molar-refractivity contribution in [1.82, 2.24) is 9.97 Å². The Hall–Kier alpha value is -2.36. The van der Waals surface area contributed by atoms with Crippen LogP contribution in [0.5, 0.6) is 0 Å². The Morgan fingerprint density at radius 3 is 2.55 bits per heavy atom. The van der Waals surface area contributed by atoms with Crippen LogP contribution in [0.3, 0.4) is 0 Å². The first-order chi connectivity index (χ1) is 9.67. The highest BCUT2D eigenvalue weighted by Gasteiger charge is 2.01. The Kier molecular flexibility index (Phi) is 4.71. The Labute approximate surface area is 120 Å². The minimum absolute atomic E-state index is 0.622. The van der Waals surface area contributed by atoms with E-state index in [0.29, 0.717) is 12.5 Å². The number of anilines is 2. The summed E-state index contributed by atoms with van der Waals surface area (Å²) in [6.07, 6.45) is 1.78. The largest absolute Gasteiger partial charge is 0.366 e. The lowest BCUT2D eigenvalue weighted by Gasteiger charge is -2.09. The molecule has 0 unspecified atom stereocenters. The van der Waals surface area contributed by atoms with Gasteiger partial charge in [0.15, 0.2) is 0 Å². The van der Waals surface area contributed by atoms with Crippen LogP contribution in [0.15, 0.2) is 43.0 Å². The highest BCUT2D eigenvalue weighted by molar-refractivity contribution is 5.43. The first kappa shape index (κ1) is 14.1. The highest BCUT2D eigenvalue weighted by Crippen LogP contribution is 2.11. The van der Waals surface area contributed by atoms with Gasteiger partial charge in [-0.2, -0.15) is 4.98 Å². The zero-order chi connectivity index (χ0) is 14.4. The van der Waals surface area contributed by atoms with Crippen LogP contribution in [-0.2, 0) is 6.54 Å². The van der Waals surface area contributed by atoms with Crippen LogP contribution in [0.25, 0.3) is 0 Å². The van der Waals surface area contributed by atoms with Crippen molar-refractivity contribution in [3.8, 4) is 0 Å². The molecule has 2 aromatic rings. The molecule has 2 N–H and O–H groups in total. The van der Waals surface area contributed by atoms with E-state index in [0.717, 1.165) is 18.1 Å². The number of nitrogens with one attached hydrogen (secondary N) is 2. The molecule has 0 aliphatic rings. The van der Waals surface area contributed by atoms with Crippen molar-refractivity contribution in [2.24, 2.45) is 0 Å². The average molecular weight is 268 g/mol. The van der Waals surface area contributed by atoms with E-state index in [1.54, 1.807) is 6.08 Å². The van der Waals surface area contributed by atoms with Crippen LogP contribution in [0.1, 0.15) is 16.8 Å². The number of aromatic nitrogens is 2. The maximum atomic E-state index is 4.42. The fourth-order valence-corrected chi connectivity index (χ4v) is 1.80. The van der Waals surface area contributed by atoms with Gasteiger partial charge in [-0.1, -0.05) is 35.9 Å². The predicted molar refractivity (Wildman–Crippen MR) is 84.0 cm³/mol. The molecule has 0 saturated heterocycles. The molecule has 0 fully saturated rings. The molecular formula is C16H20N4. The molecular weight excluding hydrogens is 248 g/mol. The fraction of sp³-hybridized carbons (Fsp3) is 0.250. The minimum Gasteiger partial charge on any atom is -0.366 e. The van der Waals surface area contributed by atoms with E-state index in [-0.39, 0.29) is 0 Å². The molecule has 0 bridgehead atoms. The van der Waals surface area contributed by atoms with Gasteiger partial charge in [-0.3, -0.25) is 0 Å². The SMILES string of the molecule is C=CCNc1nc(C)cc(NCc2ccc(C)cc2)n1. The highest BCUT2D eigenvalue weighted by atomic mass is 15.1. The van der Waals surface area contributed by atoms with Gasteiger partial charge in [0.2, 0.25) is 5.95 Å². The molecule has 0 spiro atoms. The van der Waals surface area contributed by atoms with Gasteiger partial charge >= 0.3 is 0 Å². The molecule has 0 aliphatic heterocycles. The number of hydrogen-bond acceptors (Lipinski definition) is 4. The van der Waals surface area contributed by atoms with Crippen molar-refractivity contribution in [2.45, 2.75) is 20.4 Å². The van der Waals surface area contributed by atoms with Crippen LogP contribution in [0.2, 0.25) is 0 Å². The lowest BCUT2D eigenvalue weighted by molar-refractivity contribution is 1.04. The molecule has 0 aliphatic carbocycles. The Balaban J connectivity index is 2.03. The van der Waals surface area contributed by atoms with E-state index in [1.165, 1.54) is 11.1 Å². The maximum Gasteiger partial charge on any atom is 0.225 e. The van der Waals surface area contributed by atoms with Crippen LogP contribution in [0.4, 0.5) is 11.8 Å². The van der Waals surface area contributed by atoms with Crippen LogP contribution < -0.4 is 10.6 Å². The topological polar surface area (TPSA) is 49.8 Å². The van der Waals surface area contributed by atoms with E-state index in [4.69, 9.17) is 0 Å². The second-order valence-corrected chi connectivity index (χ2v) is 4.73. The first-order valence-corrected chi connectivity index (χ1v) is 6.67. The van der Waals surface area contributed by atoms with E-state index in [9.17, 15) is 0 Å². The second-order valence-electron chi connectivity index (χ2n) is 4.73. The molecule has 20 heavy (non-hydrogen) atoms.